The number of hydrogen-bond acceptors (Lipinski definition) is 1. The highest BCUT2D eigenvalue weighted by molar-refractivity contribution is 5.90. The highest BCUT2D eigenvalue weighted by atomic mass is 19.2. The third-order valence-electron chi connectivity index (χ3n) is 4.71. The molecule has 0 spiro atoms. The van der Waals surface area contributed by atoms with Crippen molar-refractivity contribution in [2.24, 2.45) is 0 Å². The Labute approximate surface area is 157 Å². The molecular weight excluding hydrogens is 332 g/mol. The summed E-state index contributed by atoms with van der Waals surface area (Å²) in [5.74, 6) is -1.98. The van der Waals surface area contributed by atoms with Gasteiger partial charge in [0.25, 0.3) is 0 Å². The van der Waals surface area contributed by atoms with E-state index in [9.17, 15) is 13.6 Å². The molecule has 1 amide bonds. The molecule has 1 aromatic rings. The van der Waals surface area contributed by atoms with E-state index in [0.717, 1.165) is 31.4 Å². The van der Waals surface area contributed by atoms with Crippen LogP contribution >= 0.6 is 0 Å². The lowest BCUT2D eigenvalue weighted by Gasteiger charge is -2.06. The van der Waals surface area contributed by atoms with Crippen molar-refractivity contribution in [1.82, 2.24) is 0 Å². The maximum absolute atomic E-state index is 13.1. The summed E-state index contributed by atoms with van der Waals surface area (Å²) in [6.07, 6.45) is 16.9. The van der Waals surface area contributed by atoms with Crippen LogP contribution in [0.5, 0.6) is 0 Å². The average molecular weight is 368 g/mol. The van der Waals surface area contributed by atoms with Crippen LogP contribution < -0.4 is 5.32 Å². The van der Waals surface area contributed by atoms with Crippen LogP contribution in [0.1, 0.15) is 96.8 Å². The number of carbonyl (C=O) groups excluding carboxylic acids is 1. The van der Waals surface area contributed by atoms with Gasteiger partial charge in [-0.3, -0.25) is 4.79 Å². The molecule has 0 unspecified atom stereocenters. The number of rotatable bonds is 15. The molecule has 148 valence electrons. The highest BCUT2D eigenvalue weighted by Crippen LogP contribution is 2.15. The van der Waals surface area contributed by atoms with E-state index in [0.29, 0.717) is 12.1 Å². The first-order valence-corrected chi connectivity index (χ1v) is 10.4. The van der Waals surface area contributed by atoms with Crippen molar-refractivity contribution in [2.45, 2.75) is 96.8 Å². The monoisotopic (exact) mass is 367 g/mol. The summed E-state index contributed by atoms with van der Waals surface area (Å²) in [4.78, 5) is 11.8. The number of amides is 1. The average Bonchev–Trinajstić information content (AvgIpc) is 2.62. The first-order chi connectivity index (χ1) is 12.6. The third kappa shape index (κ3) is 11.2. The van der Waals surface area contributed by atoms with Crippen LogP contribution in [0.2, 0.25) is 0 Å². The minimum atomic E-state index is -0.941. The lowest BCUT2D eigenvalue weighted by molar-refractivity contribution is -0.116. The van der Waals surface area contributed by atoms with Gasteiger partial charge < -0.3 is 5.32 Å². The van der Waals surface area contributed by atoms with E-state index < -0.39 is 11.6 Å². The number of unbranched alkanes of at least 4 members (excludes halogenated alkanes) is 12. The van der Waals surface area contributed by atoms with E-state index in [4.69, 9.17) is 0 Å². The van der Waals surface area contributed by atoms with E-state index in [1.54, 1.807) is 0 Å². The molecule has 0 saturated heterocycles. The molecule has 0 aliphatic carbocycles. The molecule has 1 aromatic carbocycles. The van der Waals surface area contributed by atoms with Gasteiger partial charge in [-0.05, 0) is 18.6 Å². The van der Waals surface area contributed by atoms with E-state index in [-0.39, 0.29) is 5.91 Å². The fourth-order valence-corrected chi connectivity index (χ4v) is 3.10. The number of carbonyl (C=O) groups is 1. The van der Waals surface area contributed by atoms with Gasteiger partial charge in [-0.1, -0.05) is 84.0 Å². The summed E-state index contributed by atoms with van der Waals surface area (Å²) in [6, 6.07) is 3.41. The molecule has 0 atom stereocenters. The quantitative estimate of drug-likeness (QED) is 0.322. The molecule has 1 rings (SSSR count). The summed E-state index contributed by atoms with van der Waals surface area (Å²) in [6.45, 7) is 2.25. The van der Waals surface area contributed by atoms with Crippen molar-refractivity contribution in [3.63, 3.8) is 0 Å². The fraction of sp³-hybridized carbons (Fsp3) is 0.682. The van der Waals surface area contributed by atoms with Crippen LogP contribution in [0.4, 0.5) is 14.5 Å². The summed E-state index contributed by atoms with van der Waals surface area (Å²) in [7, 11) is 0. The molecular formula is C22H35F2NO. The Morgan fingerprint density at radius 2 is 1.27 bits per heavy atom. The zero-order valence-electron chi connectivity index (χ0n) is 16.3. The van der Waals surface area contributed by atoms with Crippen LogP contribution in [-0.2, 0) is 4.79 Å². The number of benzene rings is 1. The maximum atomic E-state index is 13.1. The molecule has 2 nitrogen and oxygen atoms in total. The van der Waals surface area contributed by atoms with Gasteiger partial charge in [0.2, 0.25) is 5.91 Å². The molecule has 0 saturated carbocycles. The molecule has 0 bridgehead atoms. The first-order valence-electron chi connectivity index (χ1n) is 10.4. The lowest BCUT2D eigenvalue weighted by Crippen LogP contribution is -2.11. The molecule has 4 heteroatoms. The van der Waals surface area contributed by atoms with Gasteiger partial charge in [0.05, 0.1) is 0 Å². The summed E-state index contributed by atoms with van der Waals surface area (Å²) >= 11 is 0. The van der Waals surface area contributed by atoms with E-state index in [1.165, 1.54) is 70.3 Å². The van der Waals surface area contributed by atoms with Crippen LogP contribution in [0.3, 0.4) is 0 Å². The van der Waals surface area contributed by atoms with E-state index >= 15 is 0 Å². The van der Waals surface area contributed by atoms with Gasteiger partial charge in [0, 0.05) is 18.2 Å². The summed E-state index contributed by atoms with van der Waals surface area (Å²) < 4.78 is 25.9. The zero-order chi connectivity index (χ0) is 19.0. The Balaban J connectivity index is 1.91. The van der Waals surface area contributed by atoms with Gasteiger partial charge in [-0.2, -0.15) is 0 Å². The molecule has 0 aromatic heterocycles. The Kier molecular flexibility index (Phi) is 12.8. The van der Waals surface area contributed by atoms with Gasteiger partial charge in [-0.25, -0.2) is 8.78 Å². The third-order valence-corrected chi connectivity index (χ3v) is 4.71. The Morgan fingerprint density at radius 3 is 1.77 bits per heavy atom. The second kappa shape index (κ2) is 14.7. The molecule has 26 heavy (non-hydrogen) atoms. The van der Waals surface area contributed by atoms with Crippen molar-refractivity contribution >= 4 is 11.6 Å². The Hall–Kier alpha value is -1.45. The molecule has 0 aliphatic heterocycles. The highest BCUT2D eigenvalue weighted by Gasteiger charge is 2.06. The van der Waals surface area contributed by atoms with E-state index in [1.807, 2.05) is 0 Å². The fourth-order valence-electron chi connectivity index (χ4n) is 3.10. The summed E-state index contributed by atoms with van der Waals surface area (Å²) in [5.41, 5.74) is 0.309. The predicted molar refractivity (Wildman–Crippen MR) is 105 cm³/mol. The largest absolute Gasteiger partial charge is 0.326 e. The molecule has 0 heterocycles. The van der Waals surface area contributed by atoms with Gasteiger partial charge in [0.1, 0.15) is 0 Å². The summed E-state index contributed by atoms with van der Waals surface area (Å²) in [5, 5.41) is 2.61. The Bertz CT molecular complexity index is 505. The van der Waals surface area contributed by atoms with Gasteiger partial charge >= 0.3 is 0 Å². The predicted octanol–water partition coefficient (Wildman–Crippen LogP) is 7.38. The number of halogens is 2. The van der Waals surface area contributed by atoms with Crippen LogP contribution in [-0.4, -0.2) is 5.91 Å². The normalized spacial score (nSPS) is 10.9. The molecule has 0 fully saturated rings. The van der Waals surface area contributed by atoms with Crippen LogP contribution in [0.25, 0.3) is 0 Å². The van der Waals surface area contributed by atoms with Crippen LogP contribution in [0, 0.1) is 11.6 Å². The minimum Gasteiger partial charge on any atom is -0.326 e. The van der Waals surface area contributed by atoms with Crippen molar-refractivity contribution in [2.75, 3.05) is 5.32 Å². The van der Waals surface area contributed by atoms with Crippen molar-refractivity contribution < 1.29 is 13.6 Å². The first kappa shape index (κ1) is 22.6. The second-order valence-electron chi connectivity index (χ2n) is 7.17. The van der Waals surface area contributed by atoms with Gasteiger partial charge in [-0.15, -0.1) is 0 Å². The number of nitrogens with one attached hydrogen (secondary N) is 1. The van der Waals surface area contributed by atoms with Gasteiger partial charge in [0.15, 0.2) is 11.6 Å². The van der Waals surface area contributed by atoms with Crippen LogP contribution in [0.15, 0.2) is 18.2 Å². The molecule has 0 aliphatic rings. The minimum absolute atomic E-state index is 0.140. The number of hydrogen-bond donors (Lipinski definition) is 1. The second-order valence-corrected chi connectivity index (χ2v) is 7.17. The smallest absolute Gasteiger partial charge is 0.224 e. The van der Waals surface area contributed by atoms with Crippen molar-refractivity contribution in [3.8, 4) is 0 Å². The van der Waals surface area contributed by atoms with Crippen molar-refractivity contribution in [1.29, 1.82) is 0 Å². The standard InChI is InChI=1S/C22H35F2NO/c1-2-3-4-5-6-7-8-9-10-11-12-13-14-15-22(26)25-19-16-17-20(23)21(24)18-19/h16-18H,2-15H2,1H3,(H,25,26). The SMILES string of the molecule is CCCCCCCCCCCCCCCC(=O)Nc1ccc(F)c(F)c1. The Morgan fingerprint density at radius 1 is 0.769 bits per heavy atom. The molecule has 1 N–H and O–H groups in total. The van der Waals surface area contributed by atoms with E-state index in [2.05, 4.69) is 12.2 Å². The zero-order valence-corrected chi connectivity index (χ0v) is 16.3. The van der Waals surface area contributed by atoms with Crippen molar-refractivity contribution in [3.05, 3.63) is 29.8 Å². The lowest BCUT2D eigenvalue weighted by atomic mass is 10.0. The number of anilines is 1. The molecule has 0 radical (unpaired) electrons. The maximum Gasteiger partial charge on any atom is 0.224 e. The topological polar surface area (TPSA) is 29.1 Å².